The van der Waals surface area contributed by atoms with E-state index in [2.05, 4.69) is 57.1 Å². The molecule has 1 atom stereocenters. The Kier molecular flexibility index (Phi) is 21.3. The van der Waals surface area contributed by atoms with Gasteiger partial charge in [-0.2, -0.15) is 0 Å². The third-order valence-corrected chi connectivity index (χ3v) is 5.61. The van der Waals surface area contributed by atoms with E-state index in [-0.39, 0.29) is 0 Å². The minimum atomic E-state index is 0.808. The molecule has 0 N–H and O–H groups in total. The van der Waals surface area contributed by atoms with Crippen molar-refractivity contribution in [3.8, 4) is 0 Å². The van der Waals surface area contributed by atoms with Gasteiger partial charge in [-0.3, -0.25) is 0 Å². The maximum Gasteiger partial charge on any atom is 0.00891 e. The van der Waals surface area contributed by atoms with Crippen molar-refractivity contribution < 1.29 is 0 Å². The van der Waals surface area contributed by atoms with Gasteiger partial charge < -0.3 is 4.90 Å². The highest BCUT2D eigenvalue weighted by Crippen LogP contribution is 2.16. The van der Waals surface area contributed by atoms with Crippen molar-refractivity contribution in [2.75, 3.05) is 14.1 Å². The lowest BCUT2D eigenvalue weighted by molar-refractivity contribution is 0.253. The zero-order chi connectivity index (χ0) is 20.0. The van der Waals surface area contributed by atoms with Gasteiger partial charge in [-0.1, -0.05) is 102 Å². The molecule has 0 saturated carbocycles. The van der Waals surface area contributed by atoms with Crippen molar-refractivity contribution in [1.82, 2.24) is 4.90 Å². The average Bonchev–Trinajstić information content (AvgIpc) is 2.66. The minimum Gasteiger partial charge on any atom is -0.306 e. The highest BCUT2D eigenvalue weighted by Gasteiger charge is 2.09. The molecule has 0 aromatic carbocycles. The molecule has 0 radical (unpaired) electrons. The molecule has 1 nitrogen and oxygen atoms in total. The van der Waals surface area contributed by atoms with Gasteiger partial charge in [0.25, 0.3) is 0 Å². The summed E-state index contributed by atoms with van der Waals surface area (Å²) in [5.41, 5.74) is 0. The lowest BCUT2D eigenvalue weighted by atomic mass is 10.0. The molecule has 0 aromatic rings. The molecule has 0 amide bonds. The van der Waals surface area contributed by atoms with Crippen LogP contribution >= 0.6 is 0 Å². The van der Waals surface area contributed by atoms with Crippen LogP contribution in [0.4, 0.5) is 0 Å². The number of allylic oxidation sites excluding steroid dienone is 4. The fourth-order valence-electron chi connectivity index (χ4n) is 3.65. The van der Waals surface area contributed by atoms with Crippen molar-refractivity contribution in [1.29, 1.82) is 0 Å². The molecule has 160 valence electrons. The normalized spacial score (nSPS) is 13.4. The molecule has 0 saturated heterocycles. The maximum absolute atomic E-state index is 2.44. The van der Waals surface area contributed by atoms with E-state index in [0.717, 1.165) is 12.5 Å². The summed E-state index contributed by atoms with van der Waals surface area (Å²) in [5, 5.41) is 0. The van der Waals surface area contributed by atoms with Crippen molar-refractivity contribution in [2.24, 2.45) is 0 Å². The largest absolute Gasteiger partial charge is 0.306 e. The third kappa shape index (κ3) is 20.0. The molecule has 0 rings (SSSR count). The Morgan fingerprint density at radius 1 is 0.556 bits per heavy atom. The van der Waals surface area contributed by atoms with Crippen LogP contribution in [-0.4, -0.2) is 25.0 Å². The van der Waals surface area contributed by atoms with E-state index in [0.29, 0.717) is 0 Å². The van der Waals surface area contributed by atoms with E-state index < -0.39 is 0 Å². The number of hydrogen-bond donors (Lipinski definition) is 0. The van der Waals surface area contributed by atoms with Crippen LogP contribution in [-0.2, 0) is 0 Å². The number of rotatable bonds is 20. The predicted octanol–water partition coefficient (Wildman–Crippen LogP) is 8.70. The Morgan fingerprint density at radius 2 is 1.04 bits per heavy atom. The van der Waals surface area contributed by atoms with Crippen LogP contribution in [0.2, 0.25) is 0 Å². The lowest BCUT2D eigenvalue weighted by Crippen LogP contribution is -2.27. The van der Waals surface area contributed by atoms with Crippen molar-refractivity contribution in [3.05, 3.63) is 24.3 Å². The molecular formula is C26H51N. The molecule has 0 aromatic heterocycles. The molecule has 0 bridgehead atoms. The zero-order valence-corrected chi connectivity index (χ0v) is 19.4. The molecule has 0 heterocycles. The van der Waals surface area contributed by atoms with Crippen molar-refractivity contribution in [3.63, 3.8) is 0 Å². The van der Waals surface area contributed by atoms with Crippen LogP contribution in [0.3, 0.4) is 0 Å². The minimum absolute atomic E-state index is 0.808. The second-order valence-corrected chi connectivity index (χ2v) is 8.49. The van der Waals surface area contributed by atoms with Gasteiger partial charge in [0.05, 0.1) is 0 Å². The monoisotopic (exact) mass is 377 g/mol. The van der Waals surface area contributed by atoms with Crippen LogP contribution in [0, 0.1) is 0 Å². The third-order valence-electron chi connectivity index (χ3n) is 5.61. The Morgan fingerprint density at radius 3 is 1.59 bits per heavy atom. The van der Waals surface area contributed by atoms with E-state index in [1.807, 2.05) is 0 Å². The first-order chi connectivity index (χ1) is 13.2. The summed E-state index contributed by atoms with van der Waals surface area (Å²) in [6, 6.07) is 0.808. The lowest BCUT2D eigenvalue weighted by Gasteiger charge is -2.24. The van der Waals surface area contributed by atoms with Gasteiger partial charge in [0.1, 0.15) is 0 Å². The summed E-state index contributed by atoms with van der Waals surface area (Å²) in [7, 11) is 4.50. The van der Waals surface area contributed by atoms with Crippen LogP contribution in [0.15, 0.2) is 24.3 Å². The van der Waals surface area contributed by atoms with Gasteiger partial charge in [0.15, 0.2) is 0 Å². The quantitative estimate of drug-likeness (QED) is 0.151. The summed E-state index contributed by atoms with van der Waals surface area (Å²) in [5.74, 6) is 0. The van der Waals surface area contributed by atoms with E-state index in [1.165, 1.54) is 103 Å². The SMILES string of the molecule is CCCCC/C=C\C/C=C\CCCCCCCCC[C@@H](CCCC)N(C)C. The Bertz CT molecular complexity index is 329. The van der Waals surface area contributed by atoms with Gasteiger partial charge in [-0.05, 0) is 59.0 Å². The number of nitrogens with zero attached hydrogens (tertiary/aromatic N) is 1. The second kappa shape index (κ2) is 21.7. The molecule has 0 aliphatic carbocycles. The van der Waals surface area contributed by atoms with Crippen LogP contribution in [0.1, 0.15) is 123 Å². The Hall–Kier alpha value is -0.560. The molecule has 1 heteroatoms. The fourth-order valence-corrected chi connectivity index (χ4v) is 3.65. The summed E-state index contributed by atoms with van der Waals surface area (Å²) in [6.07, 6.45) is 32.5. The number of unbranched alkanes of at least 4 members (excludes halogenated alkanes) is 11. The first kappa shape index (κ1) is 26.4. The van der Waals surface area contributed by atoms with Gasteiger partial charge >= 0.3 is 0 Å². The highest BCUT2D eigenvalue weighted by molar-refractivity contribution is 4.92. The molecule has 27 heavy (non-hydrogen) atoms. The first-order valence-electron chi connectivity index (χ1n) is 12.2. The standard InChI is InChI=1S/C26H51N/c1-5-7-9-10-11-12-13-14-15-16-17-18-19-20-21-22-23-25-26(27(3)4)24-8-6-2/h11-12,14-15,26H,5-10,13,16-25H2,1-4H3/b12-11-,15-14-/t26-/m1/s1. The highest BCUT2D eigenvalue weighted by atomic mass is 15.1. The van der Waals surface area contributed by atoms with E-state index in [4.69, 9.17) is 0 Å². The molecule has 0 aliphatic heterocycles. The maximum atomic E-state index is 2.44. The van der Waals surface area contributed by atoms with Crippen molar-refractivity contribution >= 4 is 0 Å². The first-order valence-corrected chi connectivity index (χ1v) is 12.2. The zero-order valence-electron chi connectivity index (χ0n) is 19.4. The average molecular weight is 378 g/mol. The van der Waals surface area contributed by atoms with Crippen LogP contribution < -0.4 is 0 Å². The van der Waals surface area contributed by atoms with E-state index >= 15 is 0 Å². The summed E-state index contributed by atoms with van der Waals surface area (Å²) in [4.78, 5) is 2.44. The summed E-state index contributed by atoms with van der Waals surface area (Å²) < 4.78 is 0. The Balaban J connectivity index is 3.36. The molecular weight excluding hydrogens is 326 g/mol. The van der Waals surface area contributed by atoms with Crippen LogP contribution in [0.5, 0.6) is 0 Å². The van der Waals surface area contributed by atoms with Crippen molar-refractivity contribution in [2.45, 2.75) is 129 Å². The smallest absolute Gasteiger partial charge is 0.00891 e. The number of hydrogen-bond acceptors (Lipinski definition) is 1. The van der Waals surface area contributed by atoms with Gasteiger partial charge in [0, 0.05) is 6.04 Å². The van der Waals surface area contributed by atoms with E-state index in [1.54, 1.807) is 0 Å². The molecule has 0 spiro atoms. The topological polar surface area (TPSA) is 3.24 Å². The van der Waals surface area contributed by atoms with Crippen LogP contribution in [0.25, 0.3) is 0 Å². The van der Waals surface area contributed by atoms with Gasteiger partial charge in [0.2, 0.25) is 0 Å². The fraction of sp³-hybridized carbons (Fsp3) is 0.846. The van der Waals surface area contributed by atoms with E-state index in [9.17, 15) is 0 Å². The predicted molar refractivity (Wildman–Crippen MR) is 126 cm³/mol. The Labute approximate surface area is 172 Å². The molecule has 0 aliphatic rings. The molecule has 0 unspecified atom stereocenters. The summed E-state index contributed by atoms with van der Waals surface area (Å²) >= 11 is 0. The van der Waals surface area contributed by atoms with Gasteiger partial charge in [-0.25, -0.2) is 0 Å². The van der Waals surface area contributed by atoms with Gasteiger partial charge in [-0.15, -0.1) is 0 Å². The summed E-state index contributed by atoms with van der Waals surface area (Å²) in [6.45, 7) is 4.57. The molecule has 0 fully saturated rings. The second-order valence-electron chi connectivity index (χ2n) is 8.49.